The van der Waals surface area contributed by atoms with E-state index in [1.807, 2.05) is 23.9 Å². The van der Waals surface area contributed by atoms with Gasteiger partial charge in [-0.15, -0.1) is 0 Å². The molecule has 0 aliphatic heterocycles. The van der Waals surface area contributed by atoms with Crippen LogP contribution in [0.25, 0.3) is 0 Å². The van der Waals surface area contributed by atoms with Gasteiger partial charge >= 0.3 is 0 Å². The van der Waals surface area contributed by atoms with E-state index in [1.54, 1.807) is 6.08 Å². The highest BCUT2D eigenvalue weighted by molar-refractivity contribution is 8.00. The Morgan fingerprint density at radius 2 is 1.88 bits per heavy atom. The molecule has 1 unspecified atom stereocenters. The lowest BCUT2D eigenvalue weighted by Crippen LogP contribution is -2.03. The fourth-order valence-corrected chi connectivity index (χ4v) is 2.66. The van der Waals surface area contributed by atoms with E-state index in [0.29, 0.717) is 5.25 Å². The Hall–Kier alpha value is -0.690. The van der Waals surface area contributed by atoms with Crippen LogP contribution in [-0.4, -0.2) is 11.0 Å². The second kappa shape index (κ2) is 9.53. The molecule has 0 saturated heterocycles. The predicted molar refractivity (Wildman–Crippen MR) is 79.0 cm³/mol. The Kier molecular flexibility index (Phi) is 9.12. The third-order valence-corrected chi connectivity index (χ3v) is 3.38. The summed E-state index contributed by atoms with van der Waals surface area (Å²) < 4.78 is 0. The third-order valence-electron chi connectivity index (χ3n) is 2.12. The molecule has 16 heavy (non-hydrogen) atoms. The molecule has 0 bridgehead atoms. The highest BCUT2D eigenvalue weighted by Crippen LogP contribution is 2.21. The van der Waals surface area contributed by atoms with E-state index in [1.165, 1.54) is 12.0 Å². The van der Waals surface area contributed by atoms with Crippen molar-refractivity contribution in [1.82, 2.24) is 0 Å². The molecular formula is C15H24S. The number of thioether (sulfide) groups is 1. The normalized spacial score (nSPS) is 14.4. The van der Waals surface area contributed by atoms with Crippen molar-refractivity contribution in [2.45, 2.75) is 32.4 Å². The number of allylic oxidation sites excluding steroid dienone is 5. The van der Waals surface area contributed by atoms with Crippen molar-refractivity contribution < 1.29 is 0 Å². The monoisotopic (exact) mass is 236 g/mol. The van der Waals surface area contributed by atoms with Crippen molar-refractivity contribution in [3.8, 4) is 0 Å². The molecule has 1 atom stereocenters. The van der Waals surface area contributed by atoms with E-state index < -0.39 is 0 Å². The summed E-state index contributed by atoms with van der Waals surface area (Å²) >= 11 is 2.00. The van der Waals surface area contributed by atoms with Gasteiger partial charge < -0.3 is 0 Å². The maximum absolute atomic E-state index is 3.74. The average Bonchev–Trinajstić information content (AvgIpc) is 2.21. The summed E-state index contributed by atoms with van der Waals surface area (Å²) in [6.07, 6.45) is 11.1. The lowest BCUT2D eigenvalue weighted by atomic mass is 10.1. The van der Waals surface area contributed by atoms with E-state index in [-0.39, 0.29) is 0 Å². The van der Waals surface area contributed by atoms with Crippen LogP contribution in [0.1, 0.15) is 27.2 Å². The van der Waals surface area contributed by atoms with E-state index in [4.69, 9.17) is 0 Å². The summed E-state index contributed by atoms with van der Waals surface area (Å²) in [5.74, 6) is 1.82. The molecule has 0 aromatic carbocycles. The second-order valence-electron chi connectivity index (χ2n) is 4.32. The zero-order chi connectivity index (χ0) is 12.4. The maximum atomic E-state index is 3.74. The topological polar surface area (TPSA) is 0 Å². The SMILES string of the molecule is C=C/C=C\C(=C/C=C)CSC(C)CC(C)C. The highest BCUT2D eigenvalue weighted by atomic mass is 32.2. The summed E-state index contributed by atoms with van der Waals surface area (Å²) in [5, 5.41) is 0.713. The molecular weight excluding hydrogens is 212 g/mol. The number of hydrogen-bond acceptors (Lipinski definition) is 1. The minimum absolute atomic E-state index is 0.713. The van der Waals surface area contributed by atoms with Crippen molar-refractivity contribution in [3.05, 3.63) is 49.1 Å². The summed E-state index contributed by atoms with van der Waals surface area (Å²) in [5.41, 5.74) is 1.30. The molecule has 0 aliphatic carbocycles. The van der Waals surface area contributed by atoms with Crippen LogP contribution in [-0.2, 0) is 0 Å². The Morgan fingerprint density at radius 3 is 2.38 bits per heavy atom. The zero-order valence-corrected chi connectivity index (χ0v) is 11.6. The molecule has 1 heteroatoms. The Bertz CT molecular complexity index is 259. The largest absolute Gasteiger partial charge is 0.154 e. The predicted octanol–water partition coefficient (Wildman–Crippen LogP) is 5.01. The van der Waals surface area contributed by atoms with Crippen LogP contribution in [0.5, 0.6) is 0 Å². The molecule has 0 amide bonds. The molecule has 0 rings (SSSR count). The maximum Gasteiger partial charge on any atom is 0.0187 e. The third kappa shape index (κ3) is 8.60. The van der Waals surface area contributed by atoms with Gasteiger partial charge in [0.1, 0.15) is 0 Å². The Labute approximate surface area is 105 Å². The average molecular weight is 236 g/mol. The fourth-order valence-electron chi connectivity index (χ4n) is 1.47. The fraction of sp³-hybridized carbons (Fsp3) is 0.467. The lowest BCUT2D eigenvalue weighted by molar-refractivity contribution is 0.585. The van der Waals surface area contributed by atoms with E-state index in [0.717, 1.165) is 11.7 Å². The van der Waals surface area contributed by atoms with Crippen LogP contribution in [0.4, 0.5) is 0 Å². The molecule has 0 aliphatic rings. The van der Waals surface area contributed by atoms with Gasteiger partial charge in [0.05, 0.1) is 0 Å². The van der Waals surface area contributed by atoms with Gasteiger partial charge in [-0.2, -0.15) is 11.8 Å². The highest BCUT2D eigenvalue weighted by Gasteiger charge is 2.05. The molecule has 0 aromatic heterocycles. The van der Waals surface area contributed by atoms with Crippen molar-refractivity contribution in [1.29, 1.82) is 0 Å². The van der Waals surface area contributed by atoms with E-state index in [2.05, 4.69) is 46.1 Å². The molecule has 0 aromatic rings. The number of rotatable bonds is 8. The molecule has 0 saturated carbocycles. The quantitative estimate of drug-likeness (QED) is 0.534. The van der Waals surface area contributed by atoms with E-state index in [9.17, 15) is 0 Å². The van der Waals surface area contributed by atoms with Gasteiger partial charge in [0.15, 0.2) is 0 Å². The minimum atomic E-state index is 0.713. The molecule has 0 heterocycles. The van der Waals surface area contributed by atoms with Gasteiger partial charge in [-0.25, -0.2) is 0 Å². The second-order valence-corrected chi connectivity index (χ2v) is 5.75. The molecule has 0 nitrogen and oxygen atoms in total. The molecule has 0 spiro atoms. The van der Waals surface area contributed by atoms with Gasteiger partial charge in [-0.05, 0) is 17.9 Å². The smallest absolute Gasteiger partial charge is 0.0187 e. The van der Waals surface area contributed by atoms with Crippen LogP contribution in [0.3, 0.4) is 0 Å². The summed E-state index contributed by atoms with van der Waals surface area (Å²) in [7, 11) is 0. The van der Waals surface area contributed by atoms with Gasteiger partial charge in [0, 0.05) is 11.0 Å². The van der Waals surface area contributed by atoms with Crippen LogP contribution in [0.2, 0.25) is 0 Å². The molecule has 0 fully saturated rings. The van der Waals surface area contributed by atoms with Crippen LogP contribution < -0.4 is 0 Å². The first-order valence-corrected chi connectivity index (χ1v) is 6.87. The van der Waals surface area contributed by atoms with Crippen LogP contribution in [0.15, 0.2) is 49.1 Å². The van der Waals surface area contributed by atoms with Crippen molar-refractivity contribution >= 4 is 11.8 Å². The van der Waals surface area contributed by atoms with Gasteiger partial charge in [0.2, 0.25) is 0 Å². The van der Waals surface area contributed by atoms with Crippen LogP contribution in [0, 0.1) is 5.92 Å². The van der Waals surface area contributed by atoms with Crippen molar-refractivity contribution in [2.24, 2.45) is 5.92 Å². The standard InChI is InChI=1S/C15H24S/c1-6-8-10-15(9-7-2)12-16-14(5)11-13(3)4/h6-10,13-14H,1-2,11-12H2,3-5H3/b10-8-,15-9+. The van der Waals surface area contributed by atoms with Crippen molar-refractivity contribution in [2.75, 3.05) is 5.75 Å². The zero-order valence-electron chi connectivity index (χ0n) is 10.8. The first kappa shape index (κ1) is 15.3. The summed E-state index contributed by atoms with van der Waals surface area (Å²) in [6, 6.07) is 0. The number of hydrogen-bond donors (Lipinski definition) is 0. The van der Waals surface area contributed by atoms with E-state index >= 15 is 0 Å². The van der Waals surface area contributed by atoms with Crippen molar-refractivity contribution in [3.63, 3.8) is 0 Å². The first-order chi connectivity index (χ1) is 7.60. The first-order valence-electron chi connectivity index (χ1n) is 5.82. The Balaban J connectivity index is 4.11. The Morgan fingerprint density at radius 1 is 1.19 bits per heavy atom. The van der Waals surface area contributed by atoms with Gasteiger partial charge in [0.25, 0.3) is 0 Å². The summed E-state index contributed by atoms with van der Waals surface area (Å²) in [4.78, 5) is 0. The molecule has 90 valence electrons. The van der Waals surface area contributed by atoms with Gasteiger partial charge in [-0.1, -0.05) is 64.3 Å². The molecule has 0 N–H and O–H groups in total. The summed E-state index contributed by atoms with van der Waals surface area (Å²) in [6.45, 7) is 14.3. The lowest BCUT2D eigenvalue weighted by Gasteiger charge is -2.13. The van der Waals surface area contributed by atoms with Gasteiger partial charge in [-0.3, -0.25) is 0 Å². The molecule has 0 radical (unpaired) electrons. The minimum Gasteiger partial charge on any atom is -0.154 e. The van der Waals surface area contributed by atoms with Crippen LogP contribution >= 0.6 is 11.8 Å².